The van der Waals surface area contributed by atoms with Crippen LogP contribution in [0.3, 0.4) is 0 Å². The van der Waals surface area contributed by atoms with Crippen molar-refractivity contribution in [1.29, 1.82) is 0 Å². The van der Waals surface area contributed by atoms with Crippen molar-refractivity contribution in [3.05, 3.63) is 30.6 Å². The Morgan fingerprint density at radius 3 is 2.75 bits per heavy atom. The van der Waals surface area contributed by atoms with Gasteiger partial charge in [-0.1, -0.05) is 12.5 Å². The molecule has 1 aromatic heterocycles. The normalized spacial score (nSPS) is 16.2. The topological polar surface area (TPSA) is 99.1 Å². The largest absolute Gasteiger partial charge is 1.00 e. The first-order valence-corrected chi connectivity index (χ1v) is 7.90. The smallest absolute Gasteiger partial charge is 0.548 e. The zero-order valence-corrected chi connectivity index (χ0v) is 17.4. The molecule has 0 aliphatic heterocycles. The van der Waals surface area contributed by atoms with Crippen LogP contribution in [0.1, 0.15) is 44.2 Å². The second kappa shape index (κ2) is 10.3. The fraction of sp³-hybridized carbons (Fsp3) is 0.562. The van der Waals surface area contributed by atoms with E-state index in [2.05, 4.69) is 22.3 Å². The molecule has 1 heterocycles. The zero-order chi connectivity index (χ0) is 16.8. The Bertz CT molecular complexity index is 571. The van der Waals surface area contributed by atoms with E-state index in [1.807, 2.05) is 17.8 Å². The Morgan fingerprint density at radius 1 is 1.50 bits per heavy atom. The molecule has 0 radical (unpaired) electrons. The van der Waals surface area contributed by atoms with Gasteiger partial charge in [0.15, 0.2) is 0 Å². The van der Waals surface area contributed by atoms with E-state index in [1.54, 1.807) is 6.20 Å². The molecule has 126 valence electrons. The van der Waals surface area contributed by atoms with Crippen molar-refractivity contribution in [2.24, 2.45) is 5.92 Å². The minimum Gasteiger partial charge on any atom is -0.548 e. The van der Waals surface area contributed by atoms with Crippen LogP contribution in [0.15, 0.2) is 25.0 Å². The number of amides is 2. The first kappa shape index (κ1) is 21.4. The number of carbonyl (C=O) groups is 2. The molecule has 1 aliphatic carbocycles. The van der Waals surface area contributed by atoms with E-state index in [9.17, 15) is 14.7 Å². The van der Waals surface area contributed by atoms with E-state index >= 15 is 0 Å². The third kappa shape index (κ3) is 6.32. The second-order valence-electron chi connectivity index (χ2n) is 6.03. The fourth-order valence-electron chi connectivity index (χ4n) is 2.50. The summed E-state index contributed by atoms with van der Waals surface area (Å²) in [6.45, 7) is 6.20. The third-order valence-electron chi connectivity index (χ3n) is 4.16. The summed E-state index contributed by atoms with van der Waals surface area (Å²) in [5.41, 5.74) is 0.883. The molecule has 2 amide bonds. The van der Waals surface area contributed by atoms with Crippen molar-refractivity contribution < 1.29 is 66.1 Å². The van der Waals surface area contributed by atoms with E-state index in [0.29, 0.717) is 5.92 Å². The number of aliphatic carboxylic acids is 1. The maximum absolute atomic E-state index is 11.9. The van der Waals surface area contributed by atoms with Gasteiger partial charge in [0.05, 0.1) is 24.2 Å². The molecule has 1 fully saturated rings. The summed E-state index contributed by atoms with van der Waals surface area (Å²) in [6, 6.07) is -1.90. The van der Waals surface area contributed by atoms with Gasteiger partial charge in [0, 0.05) is 18.3 Å². The Morgan fingerprint density at radius 2 is 2.21 bits per heavy atom. The Labute approximate surface area is 184 Å². The second-order valence-corrected chi connectivity index (χ2v) is 6.03. The monoisotopic (exact) mass is 358 g/mol. The van der Waals surface area contributed by atoms with Gasteiger partial charge >= 0.3 is 57.4 Å². The first-order chi connectivity index (χ1) is 11.0. The van der Waals surface area contributed by atoms with Crippen molar-refractivity contribution in [2.45, 2.75) is 51.2 Å². The number of rotatable bonds is 8. The van der Waals surface area contributed by atoms with Crippen molar-refractivity contribution >= 4 is 12.0 Å². The van der Waals surface area contributed by atoms with Crippen LogP contribution < -0.4 is 67.1 Å². The van der Waals surface area contributed by atoms with E-state index in [-0.39, 0.29) is 63.8 Å². The number of aromatic nitrogens is 2. The number of carbonyl (C=O) groups excluding carboxylic acids is 2. The average molecular weight is 358 g/mol. The molecule has 24 heavy (non-hydrogen) atoms. The Kier molecular flexibility index (Phi) is 9.21. The van der Waals surface area contributed by atoms with Gasteiger partial charge in [-0.2, -0.15) is 5.10 Å². The Balaban J connectivity index is 0.00000288. The summed E-state index contributed by atoms with van der Waals surface area (Å²) < 4.78 is 1.90. The molecule has 2 atom stereocenters. The van der Waals surface area contributed by atoms with E-state index < -0.39 is 18.0 Å². The summed E-state index contributed by atoms with van der Waals surface area (Å²) in [5.74, 6) is -0.627. The first-order valence-electron chi connectivity index (χ1n) is 7.90. The third-order valence-corrected chi connectivity index (χ3v) is 4.16. The van der Waals surface area contributed by atoms with E-state index in [4.69, 9.17) is 0 Å². The average Bonchev–Trinajstić information content (AvgIpc) is 2.91. The molecule has 0 spiro atoms. The molecule has 7 nitrogen and oxygen atoms in total. The molecule has 0 aromatic carbocycles. The van der Waals surface area contributed by atoms with Crippen LogP contribution in [-0.4, -0.2) is 27.8 Å². The maximum atomic E-state index is 11.9. The van der Waals surface area contributed by atoms with Crippen LogP contribution in [-0.2, 0) is 11.3 Å². The van der Waals surface area contributed by atoms with Gasteiger partial charge in [0.25, 0.3) is 0 Å². The number of nitrogens with one attached hydrogen (secondary N) is 2. The standard InChI is InChI=1S/C16H24N4O3.K/c1-3-5-14(15(21)22)19-16(23)18-11(2)13-8-17-20(10-13)9-12-6-4-7-12;/h3,8,10-12,14H,1,4-7,9H2,2H3,(H,21,22)(H2,18,19,23);/q;+1/p-1. The van der Waals surface area contributed by atoms with Crippen molar-refractivity contribution in [1.82, 2.24) is 20.4 Å². The van der Waals surface area contributed by atoms with Gasteiger partial charge in [-0.3, -0.25) is 4.68 Å². The predicted molar refractivity (Wildman–Crippen MR) is 83.3 cm³/mol. The number of carboxylic acid groups (broad SMARTS) is 1. The van der Waals surface area contributed by atoms with Gasteiger partial charge in [-0.15, -0.1) is 6.58 Å². The number of hydrogen-bond donors (Lipinski definition) is 2. The molecule has 1 saturated carbocycles. The molecular weight excluding hydrogens is 335 g/mol. The summed E-state index contributed by atoms with van der Waals surface area (Å²) in [4.78, 5) is 22.8. The van der Waals surface area contributed by atoms with E-state index in [0.717, 1.165) is 12.1 Å². The minimum absolute atomic E-state index is 0. The summed E-state index contributed by atoms with van der Waals surface area (Å²) in [6.07, 6.45) is 8.98. The van der Waals surface area contributed by atoms with Gasteiger partial charge in [0.1, 0.15) is 0 Å². The molecule has 8 heteroatoms. The van der Waals surface area contributed by atoms with Crippen molar-refractivity contribution in [3.8, 4) is 0 Å². The van der Waals surface area contributed by atoms with Crippen LogP contribution in [0.25, 0.3) is 0 Å². The number of hydrogen-bond acceptors (Lipinski definition) is 4. The van der Waals surface area contributed by atoms with Crippen LogP contribution in [0.2, 0.25) is 0 Å². The molecule has 0 bridgehead atoms. The van der Waals surface area contributed by atoms with Crippen LogP contribution >= 0.6 is 0 Å². The summed E-state index contributed by atoms with van der Waals surface area (Å²) in [5, 5.41) is 20.3. The number of urea groups is 1. The van der Waals surface area contributed by atoms with Gasteiger partial charge in [-0.25, -0.2) is 4.79 Å². The molecular formula is C16H23KN4O3. The fourth-order valence-corrected chi connectivity index (χ4v) is 2.50. The zero-order valence-electron chi connectivity index (χ0n) is 14.3. The molecule has 2 unspecified atom stereocenters. The minimum atomic E-state index is -1.33. The molecule has 1 aliphatic rings. The SMILES string of the molecule is C=CCC(NC(=O)NC(C)c1cnn(CC2CCC2)c1)C(=O)[O-].[K+]. The Hall–Kier alpha value is -0.674. The van der Waals surface area contributed by atoms with Crippen LogP contribution in [0.5, 0.6) is 0 Å². The predicted octanol–water partition coefficient (Wildman–Crippen LogP) is -2.26. The van der Waals surface area contributed by atoms with E-state index in [1.165, 1.54) is 25.3 Å². The summed E-state index contributed by atoms with van der Waals surface area (Å²) in [7, 11) is 0. The van der Waals surface area contributed by atoms with Crippen LogP contribution in [0, 0.1) is 5.92 Å². The molecule has 1 aromatic rings. The van der Waals surface area contributed by atoms with Crippen molar-refractivity contribution in [2.75, 3.05) is 0 Å². The van der Waals surface area contributed by atoms with Gasteiger partial charge < -0.3 is 20.5 Å². The molecule has 0 saturated heterocycles. The quantitative estimate of drug-likeness (QED) is 0.405. The van der Waals surface area contributed by atoms with Gasteiger partial charge in [-0.05, 0) is 32.1 Å². The number of carboxylic acids is 1. The van der Waals surface area contributed by atoms with Crippen molar-refractivity contribution in [3.63, 3.8) is 0 Å². The molecule has 2 rings (SSSR count). The van der Waals surface area contributed by atoms with Gasteiger partial charge in [0.2, 0.25) is 0 Å². The number of nitrogens with zero attached hydrogens (tertiary/aromatic N) is 2. The summed E-state index contributed by atoms with van der Waals surface area (Å²) >= 11 is 0. The maximum Gasteiger partial charge on any atom is 1.00 e. The molecule has 2 N–H and O–H groups in total. The van der Waals surface area contributed by atoms with Crippen LogP contribution in [0.4, 0.5) is 4.79 Å².